The monoisotopic (exact) mass is 295 g/mol. The molecular weight excluding hydrogens is 279 g/mol. The van der Waals surface area contributed by atoms with Crippen LogP contribution in [-0.2, 0) is 12.7 Å². The summed E-state index contributed by atoms with van der Waals surface area (Å²) < 4.78 is 38.4. The first-order valence-corrected chi connectivity index (χ1v) is 6.45. The van der Waals surface area contributed by atoms with Gasteiger partial charge in [-0.15, -0.1) is 0 Å². The average molecular weight is 295 g/mol. The summed E-state index contributed by atoms with van der Waals surface area (Å²) in [5.41, 5.74) is 1.38. The Morgan fingerprint density at radius 1 is 1.05 bits per heavy atom. The molecule has 0 bridgehead atoms. The van der Waals surface area contributed by atoms with E-state index in [0.29, 0.717) is 6.54 Å². The van der Waals surface area contributed by atoms with E-state index in [4.69, 9.17) is 0 Å². The number of nitrogens with one attached hydrogen (secondary N) is 2. The van der Waals surface area contributed by atoms with Gasteiger partial charge in [0.2, 0.25) is 0 Å². The van der Waals surface area contributed by atoms with Crippen LogP contribution in [0.5, 0.6) is 0 Å². The third kappa shape index (κ3) is 4.11. The fourth-order valence-electron chi connectivity index (χ4n) is 1.81. The van der Waals surface area contributed by atoms with Gasteiger partial charge in [-0.2, -0.15) is 13.2 Å². The lowest BCUT2D eigenvalue weighted by molar-refractivity contribution is -0.137. The first kappa shape index (κ1) is 15.2. The number of hydrogen-bond acceptors (Lipinski definition) is 3. The summed E-state index contributed by atoms with van der Waals surface area (Å²) in [4.78, 5) is 4.08. The second kappa shape index (κ2) is 6.03. The zero-order valence-corrected chi connectivity index (χ0v) is 11.8. The van der Waals surface area contributed by atoms with Crippen molar-refractivity contribution in [3.63, 3.8) is 0 Å². The van der Waals surface area contributed by atoms with Gasteiger partial charge >= 0.3 is 6.18 Å². The molecule has 112 valence electrons. The third-order valence-corrected chi connectivity index (χ3v) is 3.00. The van der Waals surface area contributed by atoms with Gasteiger partial charge in [-0.05, 0) is 24.6 Å². The van der Waals surface area contributed by atoms with E-state index in [1.54, 1.807) is 0 Å². The second-order valence-corrected chi connectivity index (χ2v) is 4.71. The molecule has 0 aliphatic carbocycles. The fraction of sp³-hybridized carbons (Fsp3) is 0.267. The third-order valence-electron chi connectivity index (χ3n) is 3.00. The second-order valence-electron chi connectivity index (χ2n) is 4.71. The van der Waals surface area contributed by atoms with Crippen molar-refractivity contribution in [3.05, 3.63) is 53.1 Å². The lowest BCUT2D eigenvalue weighted by Gasteiger charge is -2.12. The summed E-state index contributed by atoms with van der Waals surface area (Å²) in [6, 6.07) is 9.75. The molecule has 0 aliphatic rings. The zero-order chi connectivity index (χ0) is 15.5. The number of rotatable bonds is 4. The van der Waals surface area contributed by atoms with Crippen LogP contribution in [0.4, 0.5) is 24.8 Å². The van der Waals surface area contributed by atoms with Crippen LogP contribution in [0.3, 0.4) is 0 Å². The highest BCUT2D eigenvalue weighted by Gasteiger charge is 2.31. The number of halogens is 3. The van der Waals surface area contributed by atoms with Crippen molar-refractivity contribution in [1.82, 2.24) is 4.98 Å². The van der Waals surface area contributed by atoms with Crippen molar-refractivity contribution in [3.8, 4) is 0 Å². The van der Waals surface area contributed by atoms with Crippen LogP contribution in [0.25, 0.3) is 0 Å². The van der Waals surface area contributed by atoms with E-state index >= 15 is 0 Å². The van der Waals surface area contributed by atoms with Gasteiger partial charge in [-0.3, -0.25) is 0 Å². The smallest absolute Gasteiger partial charge is 0.373 e. The van der Waals surface area contributed by atoms with E-state index in [1.807, 2.05) is 31.2 Å². The molecular formula is C15H16F3N3. The summed E-state index contributed by atoms with van der Waals surface area (Å²) in [6.07, 6.45) is -4.39. The SMILES string of the molecule is CNc1cc(C(F)(F)F)cc(NCc2ccc(C)cc2)n1. The van der Waals surface area contributed by atoms with Gasteiger partial charge < -0.3 is 10.6 Å². The molecule has 2 N–H and O–H groups in total. The Morgan fingerprint density at radius 3 is 2.24 bits per heavy atom. The molecule has 0 amide bonds. The molecule has 6 heteroatoms. The van der Waals surface area contributed by atoms with E-state index in [1.165, 1.54) is 7.05 Å². The number of aryl methyl sites for hydroxylation is 1. The number of aromatic nitrogens is 1. The number of anilines is 2. The molecule has 0 saturated heterocycles. The van der Waals surface area contributed by atoms with Gasteiger partial charge in [0.25, 0.3) is 0 Å². The molecule has 2 rings (SSSR count). The minimum Gasteiger partial charge on any atom is -0.373 e. The molecule has 3 nitrogen and oxygen atoms in total. The average Bonchev–Trinajstić information content (AvgIpc) is 2.45. The largest absolute Gasteiger partial charge is 0.416 e. The van der Waals surface area contributed by atoms with Crippen LogP contribution in [0, 0.1) is 6.92 Å². The topological polar surface area (TPSA) is 37.0 Å². The lowest BCUT2D eigenvalue weighted by Crippen LogP contribution is -2.09. The highest BCUT2D eigenvalue weighted by Crippen LogP contribution is 2.32. The van der Waals surface area contributed by atoms with E-state index in [2.05, 4.69) is 15.6 Å². The van der Waals surface area contributed by atoms with E-state index in [9.17, 15) is 13.2 Å². The molecule has 0 saturated carbocycles. The molecule has 1 heterocycles. The van der Waals surface area contributed by atoms with Crippen molar-refractivity contribution in [2.45, 2.75) is 19.6 Å². The highest BCUT2D eigenvalue weighted by atomic mass is 19.4. The maximum Gasteiger partial charge on any atom is 0.416 e. The van der Waals surface area contributed by atoms with Gasteiger partial charge in [0.05, 0.1) is 5.56 Å². The van der Waals surface area contributed by atoms with Gasteiger partial charge in [0.15, 0.2) is 0 Å². The van der Waals surface area contributed by atoms with Gasteiger partial charge in [0, 0.05) is 13.6 Å². The van der Waals surface area contributed by atoms with Gasteiger partial charge in [-0.25, -0.2) is 4.98 Å². The standard InChI is InChI=1S/C15H16F3N3/c1-10-3-5-11(6-4-10)9-20-14-8-12(15(16,17)18)7-13(19-2)21-14/h3-8H,9H2,1-2H3,(H2,19,20,21). The molecule has 0 spiro atoms. The van der Waals surface area contributed by atoms with E-state index < -0.39 is 11.7 Å². The van der Waals surface area contributed by atoms with Crippen molar-refractivity contribution in [2.75, 3.05) is 17.7 Å². The Morgan fingerprint density at radius 2 is 1.67 bits per heavy atom. The first-order valence-electron chi connectivity index (χ1n) is 6.45. The Labute approximate surface area is 121 Å². The van der Waals surface area contributed by atoms with Gasteiger partial charge in [-0.1, -0.05) is 29.8 Å². The number of hydrogen-bond donors (Lipinski definition) is 2. The Bertz CT molecular complexity index is 607. The maximum absolute atomic E-state index is 12.8. The summed E-state index contributed by atoms with van der Waals surface area (Å²) in [5.74, 6) is 0.367. The molecule has 0 unspecified atom stereocenters. The zero-order valence-electron chi connectivity index (χ0n) is 11.8. The molecule has 21 heavy (non-hydrogen) atoms. The Balaban J connectivity index is 2.17. The Hall–Kier alpha value is -2.24. The quantitative estimate of drug-likeness (QED) is 0.893. The number of alkyl halides is 3. The molecule has 1 aromatic heterocycles. The number of pyridine rings is 1. The van der Waals surface area contributed by atoms with Crippen LogP contribution in [0.15, 0.2) is 36.4 Å². The van der Waals surface area contributed by atoms with E-state index in [0.717, 1.165) is 23.3 Å². The summed E-state index contributed by atoms with van der Waals surface area (Å²) in [7, 11) is 1.53. The molecule has 0 fully saturated rings. The number of benzene rings is 1. The van der Waals surface area contributed by atoms with Crippen LogP contribution < -0.4 is 10.6 Å². The summed E-state index contributed by atoms with van der Waals surface area (Å²) in [6.45, 7) is 2.39. The summed E-state index contributed by atoms with van der Waals surface area (Å²) >= 11 is 0. The van der Waals surface area contributed by atoms with Crippen LogP contribution in [0.1, 0.15) is 16.7 Å². The minimum absolute atomic E-state index is 0.177. The van der Waals surface area contributed by atoms with Crippen LogP contribution >= 0.6 is 0 Å². The normalized spacial score (nSPS) is 11.3. The predicted octanol–water partition coefficient (Wildman–Crippen LogP) is 4.06. The van der Waals surface area contributed by atoms with E-state index in [-0.39, 0.29) is 11.6 Å². The van der Waals surface area contributed by atoms with Gasteiger partial charge in [0.1, 0.15) is 11.6 Å². The van der Waals surface area contributed by atoms with Crippen molar-refractivity contribution in [1.29, 1.82) is 0 Å². The van der Waals surface area contributed by atoms with Crippen molar-refractivity contribution >= 4 is 11.6 Å². The predicted molar refractivity (Wildman–Crippen MR) is 77.3 cm³/mol. The Kier molecular flexibility index (Phi) is 4.35. The number of nitrogens with zero attached hydrogens (tertiary/aromatic N) is 1. The van der Waals surface area contributed by atoms with Crippen molar-refractivity contribution < 1.29 is 13.2 Å². The fourth-order valence-corrected chi connectivity index (χ4v) is 1.81. The molecule has 0 atom stereocenters. The van der Waals surface area contributed by atoms with Crippen LogP contribution in [0.2, 0.25) is 0 Å². The van der Waals surface area contributed by atoms with Crippen LogP contribution in [-0.4, -0.2) is 12.0 Å². The molecule has 2 aromatic rings. The molecule has 0 radical (unpaired) electrons. The maximum atomic E-state index is 12.8. The lowest BCUT2D eigenvalue weighted by atomic mass is 10.1. The highest BCUT2D eigenvalue weighted by molar-refractivity contribution is 5.49. The minimum atomic E-state index is -4.39. The molecule has 0 aliphatic heterocycles. The first-order chi connectivity index (χ1) is 9.88. The molecule has 1 aromatic carbocycles. The summed E-state index contributed by atoms with van der Waals surface area (Å²) in [5, 5.41) is 5.55. The van der Waals surface area contributed by atoms with Crippen molar-refractivity contribution in [2.24, 2.45) is 0 Å².